The summed E-state index contributed by atoms with van der Waals surface area (Å²) in [4.78, 5) is 8.24. The van der Waals surface area contributed by atoms with Crippen LogP contribution in [0.3, 0.4) is 0 Å². The first-order chi connectivity index (χ1) is 15.9. The van der Waals surface area contributed by atoms with Crippen LogP contribution in [0.25, 0.3) is 32.4 Å². The first-order valence-corrected chi connectivity index (χ1v) is 11.1. The van der Waals surface area contributed by atoms with E-state index in [-0.39, 0.29) is 0 Å². The minimum absolute atomic E-state index is 0.949. The van der Waals surface area contributed by atoms with E-state index in [2.05, 4.69) is 68.1 Å². The Hall–Kier alpha value is -3.96. The molecule has 0 spiro atoms. The summed E-state index contributed by atoms with van der Waals surface area (Å²) in [5.74, 6) is 0. The second kappa shape index (κ2) is 9.45. The summed E-state index contributed by atoms with van der Waals surface area (Å²) in [5, 5.41) is 3.89. The normalized spacial score (nSPS) is 11.0. The molecular weight excluding hydrogens is 412 g/mol. The van der Waals surface area contributed by atoms with Gasteiger partial charge in [-0.15, -0.1) is 5.10 Å². The molecule has 32 heavy (non-hydrogen) atoms. The molecule has 7 rings (SSSR count). The molecule has 154 valence electrons. The Bertz CT molecular complexity index is 1340. The Labute approximate surface area is 190 Å². The molecule has 0 atom stereocenters. The number of benzene rings is 4. The lowest BCUT2D eigenvalue weighted by Crippen LogP contribution is -1.78. The molecule has 6 aromatic rings. The van der Waals surface area contributed by atoms with Crippen molar-refractivity contribution in [3.05, 3.63) is 121 Å². The summed E-state index contributed by atoms with van der Waals surface area (Å²) in [5.41, 5.74) is 8.64. The van der Waals surface area contributed by atoms with Crippen molar-refractivity contribution in [3.8, 4) is 11.1 Å². The molecule has 2 heterocycles. The van der Waals surface area contributed by atoms with E-state index in [0.29, 0.717) is 0 Å². The Morgan fingerprint density at radius 1 is 0.531 bits per heavy atom. The van der Waals surface area contributed by atoms with Gasteiger partial charge in [-0.3, -0.25) is 9.97 Å². The van der Waals surface area contributed by atoms with Gasteiger partial charge in [-0.05, 0) is 64.5 Å². The van der Waals surface area contributed by atoms with Crippen LogP contribution >= 0.6 is 11.5 Å². The summed E-state index contributed by atoms with van der Waals surface area (Å²) in [6.07, 6.45) is 4.50. The molecule has 1 aliphatic carbocycles. The van der Waals surface area contributed by atoms with Crippen LogP contribution in [-0.2, 0) is 6.42 Å². The van der Waals surface area contributed by atoms with Gasteiger partial charge < -0.3 is 0 Å². The summed E-state index contributed by atoms with van der Waals surface area (Å²) in [6.45, 7) is 0. The fraction of sp³-hybridized carbons (Fsp3) is 0.0370. The highest BCUT2D eigenvalue weighted by molar-refractivity contribution is 7.12. The monoisotopic (exact) mass is 432 g/mol. The van der Waals surface area contributed by atoms with Gasteiger partial charge in [-0.2, -0.15) is 0 Å². The molecule has 0 saturated heterocycles. The predicted octanol–water partition coefficient (Wildman–Crippen LogP) is 6.58. The Morgan fingerprint density at radius 2 is 1.03 bits per heavy atom. The van der Waals surface area contributed by atoms with Gasteiger partial charge in [-0.1, -0.05) is 77.3 Å². The van der Waals surface area contributed by atoms with E-state index < -0.39 is 0 Å². The maximum atomic E-state index is 4.12. The highest BCUT2D eigenvalue weighted by Gasteiger charge is 2.15. The Balaban J connectivity index is 0.000000103. The Morgan fingerprint density at radius 3 is 1.62 bits per heavy atom. The number of rotatable bonds is 0. The molecule has 5 heteroatoms. The second-order valence-electron chi connectivity index (χ2n) is 7.28. The van der Waals surface area contributed by atoms with Gasteiger partial charge >= 0.3 is 0 Å². The molecule has 0 radical (unpaired) electrons. The van der Waals surface area contributed by atoms with E-state index in [9.17, 15) is 0 Å². The topological polar surface area (TPSA) is 51.6 Å². The highest BCUT2D eigenvalue weighted by Crippen LogP contribution is 2.35. The van der Waals surface area contributed by atoms with Crippen molar-refractivity contribution in [2.75, 3.05) is 0 Å². The van der Waals surface area contributed by atoms with E-state index >= 15 is 0 Å². The lowest BCUT2D eigenvalue weighted by atomic mass is 10.1. The minimum atomic E-state index is 0.949. The Kier molecular flexibility index (Phi) is 5.90. The molecule has 0 unspecified atom stereocenters. The van der Waals surface area contributed by atoms with Crippen molar-refractivity contribution < 1.29 is 0 Å². The summed E-state index contributed by atoms with van der Waals surface area (Å²) < 4.78 is 4.94. The minimum Gasteiger partial charge on any atom is -0.253 e. The number of aromatic nitrogens is 4. The van der Waals surface area contributed by atoms with Crippen LogP contribution in [0.4, 0.5) is 0 Å². The standard InChI is InChI=1S/C13H10.C8H6N2.C6H4N2S/c1-3-7-12-10(5-1)9-11-6-2-4-8-13(11)12;1-2-4-8-7(3-1)9-5-6-10-8;1-2-4-6-5(3-1)7-8-9-6/h1-8H,9H2;1-6H;1-4H. The summed E-state index contributed by atoms with van der Waals surface area (Å²) >= 11 is 1.43. The van der Waals surface area contributed by atoms with Crippen LogP contribution in [0.5, 0.6) is 0 Å². The van der Waals surface area contributed by atoms with Crippen molar-refractivity contribution in [2.45, 2.75) is 6.42 Å². The van der Waals surface area contributed by atoms with E-state index in [1.165, 1.54) is 33.8 Å². The molecule has 2 aromatic heterocycles. The zero-order valence-electron chi connectivity index (χ0n) is 17.3. The van der Waals surface area contributed by atoms with Crippen molar-refractivity contribution in [2.24, 2.45) is 0 Å². The number of para-hydroxylation sites is 2. The predicted molar refractivity (Wildman–Crippen MR) is 132 cm³/mol. The first kappa shape index (κ1) is 20.0. The van der Waals surface area contributed by atoms with Crippen molar-refractivity contribution in [1.82, 2.24) is 19.6 Å². The maximum absolute atomic E-state index is 4.12. The zero-order chi connectivity index (χ0) is 21.6. The van der Waals surface area contributed by atoms with Gasteiger partial charge in [0.05, 0.1) is 15.7 Å². The van der Waals surface area contributed by atoms with E-state index in [1.807, 2.05) is 48.5 Å². The molecule has 0 aliphatic heterocycles. The largest absolute Gasteiger partial charge is 0.253 e. The molecule has 0 fully saturated rings. The maximum Gasteiger partial charge on any atom is 0.105 e. The molecule has 0 N–H and O–H groups in total. The summed E-state index contributed by atoms with van der Waals surface area (Å²) in [7, 11) is 0. The van der Waals surface area contributed by atoms with E-state index in [1.54, 1.807) is 12.4 Å². The van der Waals surface area contributed by atoms with Gasteiger partial charge in [0.2, 0.25) is 0 Å². The fourth-order valence-corrected chi connectivity index (χ4v) is 4.27. The smallest absolute Gasteiger partial charge is 0.105 e. The van der Waals surface area contributed by atoms with Crippen LogP contribution in [0.15, 0.2) is 109 Å². The van der Waals surface area contributed by atoms with E-state index in [4.69, 9.17) is 0 Å². The number of hydrogen-bond donors (Lipinski definition) is 0. The second-order valence-corrected chi connectivity index (χ2v) is 8.06. The van der Waals surface area contributed by atoms with Gasteiger partial charge in [0.1, 0.15) is 5.52 Å². The molecule has 4 nitrogen and oxygen atoms in total. The van der Waals surface area contributed by atoms with E-state index in [0.717, 1.165) is 27.7 Å². The van der Waals surface area contributed by atoms with Crippen LogP contribution in [0, 0.1) is 0 Å². The average Bonchev–Trinajstić information content (AvgIpc) is 3.50. The lowest BCUT2D eigenvalue weighted by molar-refractivity contribution is 1.20. The van der Waals surface area contributed by atoms with Crippen LogP contribution in [0.2, 0.25) is 0 Å². The molecule has 4 aromatic carbocycles. The third kappa shape index (κ3) is 4.38. The fourth-order valence-electron chi connectivity index (χ4n) is 3.71. The molecule has 0 saturated carbocycles. The molecule has 0 amide bonds. The third-order valence-electron chi connectivity index (χ3n) is 5.23. The lowest BCUT2D eigenvalue weighted by Gasteiger charge is -1.98. The van der Waals surface area contributed by atoms with Gasteiger partial charge in [0.25, 0.3) is 0 Å². The molecule has 1 aliphatic rings. The van der Waals surface area contributed by atoms with Crippen LogP contribution in [0.1, 0.15) is 11.1 Å². The molecule has 0 bridgehead atoms. The molecular formula is C27H20N4S. The van der Waals surface area contributed by atoms with Crippen molar-refractivity contribution in [1.29, 1.82) is 0 Å². The summed E-state index contributed by atoms with van der Waals surface area (Å²) in [6, 6.07) is 33.0. The quantitative estimate of drug-likeness (QED) is 0.272. The van der Waals surface area contributed by atoms with Gasteiger partial charge in [-0.25, -0.2) is 0 Å². The van der Waals surface area contributed by atoms with Crippen LogP contribution in [-0.4, -0.2) is 19.6 Å². The van der Waals surface area contributed by atoms with Crippen molar-refractivity contribution in [3.63, 3.8) is 0 Å². The third-order valence-corrected chi connectivity index (χ3v) is 5.94. The SMILES string of the molecule is c1ccc2c(c1)Cc1ccccc1-2.c1ccc2nccnc2c1.c1ccc2snnc2c1. The first-order valence-electron chi connectivity index (χ1n) is 10.4. The van der Waals surface area contributed by atoms with Gasteiger partial charge in [0.15, 0.2) is 0 Å². The van der Waals surface area contributed by atoms with Crippen molar-refractivity contribution >= 4 is 32.8 Å². The highest BCUT2D eigenvalue weighted by atomic mass is 32.1. The van der Waals surface area contributed by atoms with Crippen LogP contribution < -0.4 is 0 Å². The number of nitrogens with zero attached hydrogens (tertiary/aromatic N) is 4. The number of hydrogen-bond acceptors (Lipinski definition) is 5. The number of fused-ring (bicyclic) bond motifs is 5. The van der Waals surface area contributed by atoms with Gasteiger partial charge in [0, 0.05) is 12.4 Å². The average molecular weight is 433 g/mol. The zero-order valence-corrected chi connectivity index (χ0v) is 18.1.